The number of unbranched alkanes of at least 4 members (excludes halogenated alkanes) is 19. The molecule has 0 radical (unpaired) electrons. The van der Waals surface area contributed by atoms with E-state index in [1.165, 1.54) is 135 Å². The van der Waals surface area contributed by atoms with Crippen LogP contribution in [0.15, 0.2) is 85.1 Å². The second kappa shape index (κ2) is 47.5. The molecule has 0 bridgehead atoms. The summed E-state index contributed by atoms with van der Waals surface area (Å²) in [5.74, 6) is 1.35. The van der Waals surface area contributed by atoms with Gasteiger partial charge in [0.25, 0.3) is 0 Å². The molecule has 0 saturated carbocycles. The Morgan fingerprint density at radius 3 is 1.42 bits per heavy atom. The average molecular weight is 1060 g/mol. The fourth-order valence-corrected chi connectivity index (χ4v) is 9.37. The highest BCUT2D eigenvalue weighted by Gasteiger charge is 2.44. The number of rotatable bonds is 48. The highest BCUT2D eigenvalue weighted by Crippen LogP contribution is 2.24. The van der Waals surface area contributed by atoms with Crippen molar-refractivity contribution in [2.45, 2.75) is 283 Å². The summed E-state index contributed by atoms with van der Waals surface area (Å²) < 4.78 is 40.7. The second-order valence-electron chi connectivity index (χ2n) is 21.0. The zero-order valence-corrected chi connectivity index (χ0v) is 48.1. The lowest BCUT2D eigenvalue weighted by molar-refractivity contribution is -0.268. The first-order valence-corrected chi connectivity index (χ1v) is 31.0. The maximum atomic E-state index is 13.0. The Morgan fingerprint density at radius 2 is 0.932 bits per heavy atom. The summed E-state index contributed by atoms with van der Waals surface area (Å²) in [5.41, 5.74) is 0. The van der Waals surface area contributed by atoms with Crippen molar-refractivity contribution in [2.24, 2.45) is 11.8 Å². The zero-order chi connectivity index (χ0) is 54.3. The van der Waals surface area contributed by atoms with Crippen LogP contribution in [0.5, 0.6) is 0 Å². The van der Waals surface area contributed by atoms with E-state index < -0.39 is 59.9 Å². The van der Waals surface area contributed by atoms with Gasteiger partial charge in [-0.05, 0) is 95.8 Å². The van der Waals surface area contributed by atoms with Gasteiger partial charge < -0.3 is 30.5 Å². The van der Waals surface area contributed by atoms with Gasteiger partial charge >= 0.3 is 10.4 Å². The van der Waals surface area contributed by atoms with Crippen LogP contribution < -0.4 is 5.32 Å². The third kappa shape index (κ3) is 39.7. The number of carbonyl (C=O) groups is 1. The van der Waals surface area contributed by atoms with Crippen molar-refractivity contribution in [1.82, 2.24) is 5.32 Å². The van der Waals surface area contributed by atoms with Gasteiger partial charge in [-0.25, -0.2) is 8.37 Å². The molecule has 0 aliphatic carbocycles. The summed E-state index contributed by atoms with van der Waals surface area (Å²) in [6, 6.07) is -1.12. The predicted molar refractivity (Wildman–Crippen MR) is 308 cm³/mol. The molecular weight excluding hydrogens is 951 g/mol. The molecule has 1 aliphatic rings. The molecule has 1 saturated heterocycles. The fraction of sp³-hybridized carbons (Fsp3) is 0.758. The first-order chi connectivity index (χ1) is 35.8. The molecule has 11 nitrogen and oxygen atoms in total. The summed E-state index contributed by atoms with van der Waals surface area (Å²) >= 11 is 0. The Hall–Kier alpha value is -2.68. The first kappa shape index (κ1) is 69.3. The Kier molecular flexibility index (Phi) is 44.5. The highest BCUT2D eigenvalue weighted by atomic mass is 32.3. The lowest BCUT2D eigenvalue weighted by Crippen LogP contribution is -2.57. The van der Waals surface area contributed by atoms with Crippen LogP contribution in [0.4, 0.5) is 0 Å². The van der Waals surface area contributed by atoms with Crippen LogP contribution in [0.2, 0.25) is 0 Å². The molecule has 74 heavy (non-hydrogen) atoms. The van der Waals surface area contributed by atoms with Crippen molar-refractivity contribution in [1.29, 1.82) is 0 Å². The standard InChI is InChI=1S/C62H109NO10S/c1-6-53(3)48-44-40-36-32-28-26-24-22-20-18-16-14-12-10-8-9-11-13-15-17-19-21-23-25-27-29-35-39-43-47-51-58(65)63-56(52-71-74(69,70)73-62-61(68)60(67)59(66)55(5)72-62)57(64)50-46-42-38-34-31-30-33-37-41-45-49-54(4)7-2/h8,10-11,13-14,16-17,19,23,25,35,39,46,50,53-57,59-62,64,66-68H,6-7,9,12,15,18,20-22,24,26-34,36-38,40-45,47-49,51-52H2,1-5H3,(H,63,65)/b10-8-,13-11-,16-14-,19-17-,25-23-,39-35-,50-46+/t53-,54+,55+,56-,57-,59-,60-,61+,62-/m0/s1. The Morgan fingerprint density at radius 1 is 0.541 bits per heavy atom. The van der Waals surface area contributed by atoms with E-state index in [0.717, 1.165) is 76.0 Å². The molecule has 5 N–H and O–H groups in total. The molecule has 1 aliphatic heterocycles. The van der Waals surface area contributed by atoms with Crippen LogP contribution in [0.1, 0.15) is 240 Å². The van der Waals surface area contributed by atoms with Crippen LogP contribution in [0, 0.1) is 11.8 Å². The number of amides is 1. The number of aliphatic hydroxyl groups is 4. The minimum absolute atomic E-state index is 0.160. The molecule has 0 aromatic heterocycles. The maximum absolute atomic E-state index is 13.0. The molecule has 0 spiro atoms. The van der Waals surface area contributed by atoms with Gasteiger partial charge in [0.2, 0.25) is 12.2 Å². The number of allylic oxidation sites excluding steroid dienone is 13. The molecule has 1 heterocycles. The van der Waals surface area contributed by atoms with Gasteiger partial charge in [0.05, 0.1) is 24.9 Å². The minimum Gasteiger partial charge on any atom is -0.388 e. The molecule has 1 amide bonds. The van der Waals surface area contributed by atoms with E-state index in [1.807, 2.05) is 6.08 Å². The summed E-state index contributed by atoms with van der Waals surface area (Å²) in [7, 11) is -4.84. The molecule has 0 unspecified atom stereocenters. The van der Waals surface area contributed by atoms with E-state index in [2.05, 4.69) is 106 Å². The van der Waals surface area contributed by atoms with Crippen LogP contribution in [0.25, 0.3) is 0 Å². The van der Waals surface area contributed by atoms with Crippen LogP contribution >= 0.6 is 0 Å². The molecular formula is C62H109NO10S. The van der Waals surface area contributed by atoms with Gasteiger partial charge in [-0.1, -0.05) is 235 Å². The van der Waals surface area contributed by atoms with E-state index in [9.17, 15) is 33.6 Å². The molecule has 428 valence electrons. The van der Waals surface area contributed by atoms with Crippen molar-refractivity contribution in [2.75, 3.05) is 6.61 Å². The number of aliphatic hydroxyl groups excluding tert-OH is 4. The van der Waals surface area contributed by atoms with Crippen LogP contribution in [-0.2, 0) is 28.3 Å². The molecule has 0 aromatic carbocycles. The number of hydrogen-bond donors (Lipinski definition) is 5. The van der Waals surface area contributed by atoms with Crippen LogP contribution in [-0.4, -0.2) is 84.2 Å². The first-order valence-electron chi connectivity index (χ1n) is 29.6. The average Bonchev–Trinajstić information content (AvgIpc) is 3.38. The molecule has 1 rings (SSSR count). The summed E-state index contributed by atoms with van der Waals surface area (Å²) in [4.78, 5) is 13.0. The summed E-state index contributed by atoms with van der Waals surface area (Å²) in [6.45, 7) is 9.98. The molecule has 1 fully saturated rings. The van der Waals surface area contributed by atoms with Gasteiger partial charge in [-0.3, -0.25) is 4.79 Å². The third-order valence-electron chi connectivity index (χ3n) is 14.1. The zero-order valence-electron chi connectivity index (χ0n) is 47.3. The van der Waals surface area contributed by atoms with Gasteiger partial charge in [0, 0.05) is 6.42 Å². The smallest absolute Gasteiger partial charge is 0.388 e. The van der Waals surface area contributed by atoms with Crippen molar-refractivity contribution in [3.05, 3.63) is 85.1 Å². The van der Waals surface area contributed by atoms with E-state index in [-0.39, 0.29) is 12.3 Å². The number of ether oxygens (including phenoxy) is 1. The Labute approximate surface area is 452 Å². The number of hydrogen-bond acceptors (Lipinski definition) is 10. The largest absolute Gasteiger partial charge is 0.402 e. The van der Waals surface area contributed by atoms with Gasteiger partial charge in [0.15, 0.2) is 0 Å². The number of nitrogens with one attached hydrogen (secondary N) is 1. The Balaban J connectivity index is 2.31. The van der Waals surface area contributed by atoms with E-state index in [0.29, 0.717) is 12.8 Å². The normalized spacial score (nSPS) is 20.7. The van der Waals surface area contributed by atoms with E-state index in [1.54, 1.807) is 0 Å². The van der Waals surface area contributed by atoms with Gasteiger partial charge in [-0.2, -0.15) is 8.42 Å². The van der Waals surface area contributed by atoms with Gasteiger partial charge in [0.1, 0.15) is 18.3 Å². The van der Waals surface area contributed by atoms with Crippen LogP contribution in [0.3, 0.4) is 0 Å². The van der Waals surface area contributed by atoms with Crippen molar-refractivity contribution < 1.29 is 46.7 Å². The van der Waals surface area contributed by atoms with Gasteiger partial charge in [-0.15, -0.1) is 0 Å². The predicted octanol–water partition coefficient (Wildman–Crippen LogP) is 14.6. The minimum atomic E-state index is -4.84. The molecule has 0 aromatic rings. The lowest BCUT2D eigenvalue weighted by Gasteiger charge is -2.38. The lowest BCUT2D eigenvalue weighted by atomic mass is 9.99. The fourth-order valence-electron chi connectivity index (χ4n) is 8.61. The van der Waals surface area contributed by atoms with Crippen molar-refractivity contribution in [3.8, 4) is 0 Å². The van der Waals surface area contributed by atoms with E-state index in [4.69, 9.17) is 13.1 Å². The number of carbonyl (C=O) groups excluding carboxylic acids is 1. The molecule has 9 atom stereocenters. The summed E-state index contributed by atoms with van der Waals surface area (Å²) in [5, 5.41) is 44.0. The second-order valence-corrected chi connectivity index (χ2v) is 22.2. The van der Waals surface area contributed by atoms with Crippen molar-refractivity contribution >= 4 is 16.3 Å². The third-order valence-corrected chi connectivity index (χ3v) is 15.0. The quantitative estimate of drug-likeness (QED) is 0.0292. The summed E-state index contributed by atoms with van der Waals surface area (Å²) in [6.07, 6.45) is 57.1. The van der Waals surface area contributed by atoms with Crippen molar-refractivity contribution in [3.63, 3.8) is 0 Å². The monoisotopic (exact) mass is 1060 g/mol. The SMILES string of the molecule is CC[C@@H](C)CCCCCCCCCC/C=C/[C@H](O)[C@H](COS(=O)(=O)O[C@@H]1O[C@H](C)[C@H](O)[C@H](O)[C@H]1O)NC(=O)CCC/C=C\CC/C=C\C/C=C\C/C=C\C/C=C\C/C=C\CCCCCCCCCCC[C@@H](C)CC. The maximum Gasteiger partial charge on any atom is 0.402 e. The highest BCUT2D eigenvalue weighted by molar-refractivity contribution is 7.81. The molecule has 12 heteroatoms. The topological polar surface area (TPSA) is 172 Å². The Bertz CT molecular complexity index is 1660. The van der Waals surface area contributed by atoms with E-state index >= 15 is 0 Å².